The summed E-state index contributed by atoms with van der Waals surface area (Å²) in [6.07, 6.45) is 6.95. The first-order valence-corrected chi connectivity index (χ1v) is 10.2. The number of H-pyrrole nitrogens is 1. The van der Waals surface area contributed by atoms with Gasteiger partial charge < -0.3 is 20.2 Å². The molecule has 29 heavy (non-hydrogen) atoms. The topological polar surface area (TPSA) is 70.0 Å². The summed E-state index contributed by atoms with van der Waals surface area (Å²) < 4.78 is 2.19. The third-order valence-corrected chi connectivity index (χ3v) is 4.77. The molecular weight excluding hydrogens is 475 g/mol. The summed E-state index contributed by atoms with van der Waals surface area (Å²) in [5, 5.41) is 8.12. The van der Waals surface area contributed by atoms with E-state index in [0.29, 0.717) is 12.5 Å². The van der Waals surface area contributed by atoms with Gasteiger partial charge in [-0.1, -0.05) is 26.0 Å². The van der Waals surface area contributed by atoms with Gasteiger partial charge in [0, 0.05) is 49.1 Å². The van der Waals surface area contributed by atoms with E-state index in [1.54, 1.807) is 0 Å². The molecule has 3 aromatic rings. The molecular formula is C22H33IN6. The lowest BCUT2D eigenvalue weighted by molar-refractivity contribution is 0.507. The van der Waals surface area contributed by atoms with Crippen molar-refractivity contribution in [2.45, 2.75) is 47.2 Å². The number of aliphatic imine (C=N–C) groups is 1. The lowest BCUT2D eigenvalue weighted by Crippen LogP contribution is -2.38. The number of rotatable bonds is 8. The summed E-state index contributed by atoms with van der Waals surface area (Å²) in [6, 6.07) is 6.39. The molecule has 2 aromatic heterocycles. The molecule has 0 aliphatic carbocycles. The van der Waals surface area contributed by atoms with Gasteiger partial charge in [-0.15, -0.1) is 24.0 Å². The molecule has 1 aromatic carbocycles. The summed E-state index contributed by atoms with van der Waals surface area (Å²) in [4.78, 5) is 12.6. The van der Waals surface area contributed by atoms with Gasteiger partial charge in [-0.2, -0.15) is 0 Å². The average Bonchev–Trinajstić information content (AvgIpc) is 3.27. The molecule has 0 atom stereocenters. The number of aromatic nitrogens is 3. The van der Waals surface area contributed by atoms with Crippen LogP contribution >= 0.6 is 24.0 Å². The highest BCUT2D eigenvalue weighted by Gasteiger charge is 2.07. The van der Waals surface area contributed by atoms with Gasteiger partial charge in [0.2, 0.25) is 0 Å². The molecule has 2 heterocycles. The van der Waals surface area contributed by atoms with Crippen molar-refractivity contribution in [1.82, 2.24) is 25.2 Å². The SMILES string of the molecule is CCNC(=NCc1nccn1CC(C)C)NCCc1c[nH]c2cccc(C)c12.I. The van der Waals surface area contributed by atoms with Gasteiger partial charge in [0.15, 0.2) is 5.96 Å². The number of nitrogens with zero attached hydrogens (tertiary/aromatic N) is 3. The first-order chi connectivity index (χ1) is 13.6. The van der Waals surface area contributed by atoms with Gasteiger partial charge >= 0.3 is 0 Å². The highest BCUT2D eigenvalue weighted by atomic mass is 127. The van der Waals surface area contributed by atoms with Crippen molar-refractivity contribution in [3.63, 3.8) is 0 Å². The third kappa shape index (κ3) is 6.22. The minimum Gasteiger partial charge on any atom is -0.361 e. The number of aryl methyl sites for hydroxylation is 1. The molecule has 7 heteroatoms. The number of hydrogen-bond acceptors (Lipinski definition) is 2. The molecule has 0 fully saturated rings. The quantitative estimate of drug-likeness (QED) is 0.242. The lowest BCUT2D eigenvalue weighted by Gasteiger charge is -2.12. The van der Waals surface area contributed by atoms with Crippen LogP contribution in [0.4, 0.5) is 0 Å². The zero-order valence-electron chi connectivity index (χ0n) is 17.8. The van der Waals surface area contributed by atoms with Gasteiger partial charge in [-0.05, 0) is 43.4 Å². The normalized spacial score (nSPS) is 11.7. The zero-order valence-corrected chi connectivity index (χ0v) is 20.2. The Balaban J connectivity index is 0.00000300. The summed E-state index contributed by atoms with van der Waals surface area (Å²) in [5.41, 5.74) is 3.85. The first-order valence-electron chi connectivity index (χ1n) is 10.2. The highest BCUT2D eigenvalue weighted by Crippen LogP contribution is 2.22. The second-order valence-electron chi connectivity index (χ2n) is 7.57. The summed E-state index contributed by atoms with van der Waals surface area (Å²) >= 11 is 0. The van der Waals surface area contributed by atoms with E-state index >= 15 is 0 Å². The maximum absolute atomic E-state index is 4.73. The van der Waals surface area contributed by atoms with Crippen LogP contribution in [0.2, 0.25) is 0 Å². The van der Waals surface area contributed by atoms with E-state index < -0.39 is 0 Å². The number of aromatic amines is 1. The number of hydrogen-bond donors (Lipinski definition) is 3. The molecule has 0 spiro atoms. The van der Waals surface area contributed by atoms with Gasteiger partial charge in [-0.25, -0.2) is 9.98 Å². The molecule has 6 nitrogen and oxygen atoms in total. The second-order valence-corrected chi connectivity index (χ2v) is 7.57. The molecule has 3 rings (SSSR count). The Hall–Kier alpha value is -2.03. The lowest BCUT2D eigenvalue weighted by atomic mass is 10.1. The largest absolute Gasteiger partial charge is 0.361 e. The Morgan fingerprint density at radius 3 is 2.86 bits per heavy atom. The number of imidazole rings is 1. The van der Waals surface area contributed by atoms with Gasteiger partial charge in [0.25, 0.3) is 0 Å². The number of halogens is 1. The fraction of sp³-hybridized carbons (Fsp3) is 0.455. The Labute approximate surface area is 190 Å². The average molecular weight is 508 g/mol. The minimum absolute atomic E-state index is 0. The molecule has 0 unspecified atom stereocenters. The van der Waals surface area contributed by atoms with E-state index in [9.17, 15) is 0 Å². The van der Waals surface area contributed by atoms with Crippen molar-refractivity contribution < 1.29 is 0 Å². The predicted octanol–water partition coefficient (Wildman–Crippen LogP) is 4.24. The summed E-state index contributed by atoms with van der Waals surface area (Å²) in [6.45, 7) is 11.9. The van der Waals surface area contributed by atoms with Crippen LogP contribution in [0, 0.1) is 12.8 Å². The van der Waals surface area contributed by atoms with Crippen LogP contribution in [0.15, 0.2) is 41.8 Å². The van der Waals surface area contributed by atoms with Crippen molar-refractivity contribution >= 4 is 40.8 Å². The maximum Gasteiger partial charge on any atom is 0.191 e. The van der Waals surface area contributed by atoms with Crippen LogP contribution in [0.5, 0.6) is 0 Å². The van der Waals surface area contributed by atoms with E-state index in [2.05, 4.69) is 77.3 Å². The molecule has 158 valence electrons. The number of nitrogens with one attached hydrogen (secondary N) is 3. The standard InChI is InChI=1S/C22H32N6.HI/c1-5-23-22(27-14-20-24-11-12-28(20)15-16(2)3)25-10-9-18-13-26-19-8-6-7-17(4)21(18)19;/h6-8,11-13,16,26H,5,9-10,14-15H2,1-4H3,(H2,23,25,27);1H. The molecule has 0 radical (unpaired) electrons. The third-order valence-electron chi connectivity index (χ3n) is 4.77. The monoisotopic (exact) mass is 508 g/mol. The molecule has 0 aliphatic heterocycles. The Morgan fingerprint density at radius 1 is 1.28 bits per heavy atom. The second kappa shape index (κ2) is 11.2. The van der Waals surface area contributed by atoms with Crippen molar-refractivity contribution in [1.29, 1.82) is 0 Å². The summed E-state index contributed by atoms with van der Waals surface area (Å²) in [7, 11) is 0. The van der Waals surface area contributed by atoms with Crippen molar-refractivity contribution in [2.75, 3.05) is 13.1 Å². The van der Waals surface area contributed by atoms with Gasteiger partial charge in [0.05, 0.1) is 0 Å². The van der Waals surface area contributed by atoms with Crippen LogP contribution in [-0.4, -0.2) is 33.6 Å². The first kappa shape index (κ1) is 23.3. The summed E-state index contributed by atoms with van der Waals surface area (Å²) in [5.74, 6) is 2.42. The van der Waals surface area contributed by atoms with Crippen molar-refractivity contribution in [3.05, 3.63) is 53.7 Å². The maximum atomic E-state index is 4.73. The van der Waals surface area contributed by atoms with E-state index in [1.165, 1.54) is 22.0 Å². The van der Waals surface area contributed by atoms with Crippen molar-refractivity contribution in [2.24, 2.45) is 10.9 Å². The number of guanidine groups is 1. The van der Waals surface area contributed by atoms with Crippen LogP contribution in [0.3, 0.4) is 0 Å². The fourth-order valence-electron chi connectivity index (χ4n) is 3.51. The van der Waals surface area contributed by atoms with Gasteiger partial charge in [-0.3, -0.25) is 0 Å². The van der Waals surface area contributed by atoms with E-state index in [0.717, 1.165) is 37.8 Å². The molecule has 0 aliphatic rings. The van der Waals surface area contributed by atoms with Gasteiger partial charge in [0.1, 0.15) is 12.4 Å². The van der Waals surface area contributed by atoms with Crippen molar-refractivity contribution in [3.8, 4) is 0 Å². The Morgan fingerprint density at radius 2 is 2.10 bits per heavy atom. The fourth-order valence-corrected chi connectivity index (χ4v) is 3.51. The van der Waals surface area contributed by atoms with Crippen LogP contribution in [0.25, 0.3) is 10.9 Å². The molecule has 3 N–H and O–H groups in total. The number of benzene rings is 1. The smallest absolute Gasteiger partial charge is 0.191 e. The van der Waals surface area contributed by atoms with E-state index in [1.807, 2.05) is 12.4 Å². The minimum atomic E-state index is 0. The molecule has 0 amide bonds. The molecule has 0 bridgehead atoms. The van der Waals surface area contributed by atoms with E-state index in [4.69, 9.17) is 4.99 Å². The molecule has 0 saturated heterocycles. The van der Waals surface area contributed by atoms with E-state index in [-0.39, 0.29) is 24.0 Å². The van der Waals surface area contributed by atoms with Crippen LogP contribution in [-0.2, 0) is 19.5 Å². The highest BCUT2D eigenvalue weighted by molar-refractivity contribution is 14.0. The Bertz CT molecular complexity index is 924. The predicted molar refractivity (Wildman–Crippen MR) is 132 cm³/mol. The number of fused-ring (bicyclic) bond motifs is 1. The van der Waals surface area contributed by atoms with Crippen LogP contribution < -0.4 is 10.6 Å². The Kier molecular flexibility index (Phi) is 9.00. The van der Waals surface area contributed by atoms with Crippen LogP contribution in [0.1, 0.15) is 37.7 Å². The molecule has 0 saturated carbocycles. The zero-order chi connectivity index (χ0) is 19.9.